The Hall–Kier alpha value is -0.760. The molecule has 0 saturated carbocycles. The minimum absolute atomic E-state index is 0.479. The molecule has 1 aromatic heterocycles. The molecule has 16 heavy (non-hydrogen) atoms. The summed E-state index contributed by atoms with van der Waals surface area (Å²) in [6.07, 6.45) is 8.40. The van der Waals surface area contributed by atoms with Crippen LogP contribution in [0.5, 0.6) is 0 Å². The second-order valence-corrected chi connectivity index (χ2v) is 4.90. The van der Waals surface area contributed by atoms with Crippen LogP contribution in [-0.2, 0) is 6.54 Å². The van der Waals surface area contributed by atoms with Crippen molar-refractivity contribution in [3.8, 4) is 0 Å². The van der Waals surface area contributed by atoms with Gasteiger partial charge in [0.2, 0.25) is 0 Å². The van der Waals surface area contributed by atoms with Crippen molar-refractivity contribution in [2.45, 2.75) is 52.6 Å². The van der Waals surface area contributed by atoms with Crippen LogP contribution >= 0.6 is 0 Å². The molecular weight excluding hydrogens is 196 g/mol. The van der Waals surface area contributed by atoms with E-state index in [9.17, 15) is 0 Å². The van der Waals surface area contributed by atoms with E-state index in [0.29, 0.717) is 12.0 Å². The maximum Gasteiger partial charge on any atom is 0.0355 e. The quantitative estimate of drug-likeness (QED) is 0.698. The lowest BCUT2D eigenvalue weighted by molar-refractivity contribution is 0.442. The summed E-state index contributed by atoms with van der Waals surface area (Å²) < 4.78 is 2.32. The molecule has 2 nitrogen and oxygen atoms in total. The van der Waals surface area contributed by atoms with Crippen LogP contribution in [0, 0.1) is 5.92 Å². The zero-order valence-electron chi connectivity index (χ0n) is 11.2. The van der Waals surface area contributed by atoms with Gasteiger partial charge in [0.1, 0.15) is 0 Å². The highest BCUT2D eigenvalue weighted by molar-refractivity contribution is 5.16. The fourth-order valence-electron chi connectivity index (χ4n) is 2.21. The third-order valence-electron chi connectivity index (χ3n) is 3.13. The Morgan fingerprint density at radius 1 is 1.31 bits per heavy atom. The van der Waals surface area contributed by atoms with Gasteiger partial charge in [0.25, 0.3) is 0 Å². The van der Waals surface area contributed by atoms with Gasteiger partial charge in [0, 0.05) is 25.0 Å². The van der Waals surface area contributed by atoms with E-state index in [1.807, 2.05) is 7.05 Å². The number of nitrogens with zero attached hydrogens (tertiary/aromatic N) is 1. The van der Waals surface area contributed by atoms with Gasteiger partial charge in [-0.25, -0.2) is 0 Å². The Morgan fingerprint density at radius 3 is 2.62 bits per heavy atom. The lowest BCUT2D eigenvalue weighted by atomic mass is 9.99. The first-order chi connectivity index (χ1) is 7.69. The summed E-state index contributed by atoms with van der Waals surface area (Å²) in [5.41, 5.74) is 1.41. The molecule has 1 atom stereocenters. The smallest absolute Gasteiger partial charge is 0.0355 e. The predicted molar refractivity (Wildman–Crippen MR) is 70.6 cm³/mol. The fraction of sp³-hybridized carbons (Fsp3) is 0.714. The normalized spacial score (nSPS) is 13.3. The summed E-state index contributed by atoms with van der Waals surface area (Å²) in [5, 5.41) is 3.39. The van der Waals surface area contributed by atoms with E-state index in [4.69, 9.17) is 0 Å². The average molecular weight is 222 g/mol. The first-order valence-corrected chi connectivity index (χ1v) is 6.52. The Labute approximate surface area is 100 Å². The molecule has 2 heteroatoms. The number of rotatable bonds is 7. The van der Waals surface area contributed by atoms with Crippen LogP contribution in [0.4, 0.5) is 0 Å². The van der Waals surface area contributed by atoms with E-state index in [1.165, 1.54) is 24.8 Å². The number of hydrogen-bond acceptors (Lipinski definition) is 1. The van der Waals surface area contributed by atoms with E-state index < -0.39 is 0 Å². The molecule has 1 rings (SSSR count). The van der Waals surface area contributed by atoms with E-state index in [0.717, 1.165) is 6.54 Å². The minimum Gasteiger partial charge on any atom is -0.354 e. The summed E-state index contributed by atoms with van der Waals surface area (Å²) in [4.78, 5) is 0. The van der Waals surface area contributed by atoms with Crippen molar-refractivity contribution in [2.24, 2.45) is 5.92 Å². The van der Waals surface area contributed by atoms with E-state index in [1.54, 1.807) is 0 Å². The van der Waals surface area contributed by atoms with Crippen LogP contribution in [0.1, 0.15) is 51.6 Å². The third kappa shape index (κ3) is 3.67. The zero-order chi connectivity index (χ0) is 12.0. The highest BCUT2D eigenvalue weighted by atomic mass is 15.0. The van der Waals surface area contributed by atoms with Gasteiger partial charge in [-0.05, 0) is 31.0 Å². The Balaban J connectivity index is 2.55. The first kappa shape index (κ1) is 13.3. The van der Waals surface area contributed by atoms with Crippen molar-refractivity contribution in [2.75, 3.05) is 7.05 Å². The van der Waals surface area contributed by atoms with Crippen LogP contribution in [-0.4, -0.2) is 11.6 Å². The van der Waals surface area contributed by atoms with Gasteiger partial charge in [-0.3, -0.25) is 0 Å². The Kier molecular flexibility index (Phi) is 5.61. The summed E-state index contributed by atoms with van der Waals surface area (Å²) in [6, 6.07) is 2.72. The zero-order valence-corrected chi connectivity index (χ0v) is 11.2. The molecule has 0 saturated heterocycles. The second-order valence-electron chi connectivity index (χ2n) is 4.90. The number of hydrogen-bond donors (Lipinski definition) is 1. The molecule has 0 aromatic carbocycles. The third-order valence-corrected chi connectivity index (χ3v) is 3.13. The number of nitrogens with one attached hydrogen (secondary N) is 1. The summed E-state index contributed by atoms with van der Waals surface area (Å²) in [5.74, 6) is 0.636. The van der Waals surface area contributed by atoms with Gasteiger partial charge in [-0.15, -0.1) is 0 Å². The monoisotopic (exact) mass is 222 g/mol. The number of aryl methyl sites for hydroxylation is 1. The Morgan fingerprint density at radius 2 is 2.06 bits per heavy atom. The van der Waals surface area contributed by atoms with Crippen LogP contribution in [0.25, 0.3) is 0 Å². The average Bonchev–Trinajstić information content (AvgIpc) is 2.67. The summed E-state index contributed by atoms with van der Waals surface area (Å²) in [7, 11) is 2.04. The molecule has 0 bridgehead atoms. The molecule has 0 aliphatic carbocycles. The van der Waals surface area contributed by atoms with Crippen molar-refractivity contribution < 1.29 is 0 Å². The van der Waals surface area contributed by atoms with Gasteiger partial charge in [0.15, 0.2) is 0 Å². The molecule has 92 valence electrons. The maximum atomic E-state index is 3.39. The molecule has 0 fully saturated rings. The van der Waals surface area contributed by atoms with Crippen molar-refractivity contribution in [3.63, 3.8) is 0 Å². The van der Waals surface area contributed by atoms with Crippen molar-refractivity contribution >= 4 is 0 Å². The van der Waals surface area contributed by atoms with Crippen molar-refractivity contribution in [1.29, 1.82) is 0 Å². The highest BCUT2D eigenvalue weighted by Gasteiger charge is 2.14. The molecule has 1 unspecified atom stereocenters. The number of unbranched alkanes of at least 4 members (excludes halogenated alkanes) is 2. The SMILES string of the molecule is CCCCCn1ccc(C(NC)C(C)C)c1. The maximum absolute atomic E-state index is 3.39. The Bertz CT molecular complexity index is 289. The standard InChI is InChI=1S/C14H26N2/c1-5-6-7-9-16-10-8-13(11-16)14(15-4)12(2)3/h8,10-12,14-15H,5-7,9H2,1-4H3. The van der Waals surface area contributed by atoms with E-state index >= 15 is 0 Å². The molecule has 1 N–H and O–H groups in total. The number of aromatic nitrogens is 1. The molecule has 0 radical (unpaired) electrons. The largest absolute Gasteiger partial charge is 0.354 e. The van der Waals surface area contributed by atoms with Gasteiger partial charge in [-0.1, -0.05) is 33.6 Å². The topological polar surface area (TPSA) is 17.0 Å². The van der Waals surface area contributed by atoms with Crippen LogP contribution in [0.15, 0.2) is 18.5 Å². The molecule has 0 amide bonds. The molecular formula is C14H26N2. The molecule has 1 aromatic rings. The van der Waals surface area contributed by atoms with Crippen molar-refractivity contribution in [1.82, 2.24) is 9.88 Å². The fourth-order valence-corrected chi connectivity index (χ4v) is 2.21. The van der Waals surface area contributed by atoms with E-state index in [2.05, 4.69) is 49.1 Å². The van der Waals surface area contributed by atoms with Crippen LogP contribution < -0.4 is 5.32 Å². The molecule has 0 spiro atoms. The predicted octanol–water partition coefficient (Wildman–Crippen LogP) is 3.59. The van der Waals surface area contributed by atoms with Gasteiger partial charge >= 0.3 is 0 Å². The summed E-state index contributed by atoms with van der Waals surface area (Å²) >= 11 is 0. The summed E-state index contributed by atoms with van der Waals surface area (Å²) in [6.45, 7) is 7.92. The lowest BCUT2D eigenvalue weighted by Crippen LogP contribution is -2.21. The lowest BCUT2D eigenvalue weighted by Gasteiger charge is -2.18. The van der Waals surface area contributed by atoms with E-state index in [-0.39, 0.29) is 0 Å². The molecule has 0 aliphatic heterocycles. The van der Waals surface area contributed by atoms with Gasteiger partial charge in [0.05, 0.1) is 0 Å². The van der Waals surface area contributed by atoms with Crippen LogP contribution in [0.3, 0.4) is 0 Å². The first-order valence-electron chi connectivity index (χ1n) is 6.52. The van der Waals surface area contributed by atoms with Gasteiger partial charge < -0.3 is 9.88 Å². The minimum atomic E-state index is 0.479. The highest BCUT2D eigenvalue weighted by Crippen LogP contribution is 2.21. The molecule has 1 heterocycles. The van der Waals surface area contributed by atoms with Crippen LogP contribution in [0.2, 0.25) is 0 Å². The van der Waals surface area contributed by atoms with Gasteiger partial charge in [-0.2, -0.15) is 0 Å². The van der Waals surface area contributed by atoms with Crippen molar-refractivity contribution in [3.05, 3.63) is 24.0 Å². The second kappa shape index (κ2) is 6.74. The molecule has 0 aliphatic rings.